The molecule has 0 amide bonds. The Labute approximate surface area is 99.4 Å². The van der Waals surface area contributed by atoms with Crippen LogP contribution in [0.1, 0.15) is 0 Å². The molecule has 4 heteroatoms. The van der Waals surface area contributed by atoms with E-state index in [-0.39, 0.29) is 19.5 Å². The van der Waals surface area contributed by atoms with Crippen molar-refractivity contribution >= 4 is 24.0 Å². The third kappa shape index (κ3) is 2.40. The molecule has 0 unspecified atom stereocenters. The van der Waals surface area contributed by atoms with Crippen molar-refractivity contribution in [1.82, 2.24) is 4.98 Å². The van der Waals surface area contributed by atoms with Crippen LogP contribution >= 0.6 is 24.0 Å². The molecular weight excluding hydrogens is 252 g/mol. The number of thiazole rings is 1. The minimum atomic E-state index is 0. The molecule has 1 aromatic carbocycles. The van der Waals surface area contributed by atoms with E-state index in [0.717, 1.165) is 15.5 Å². The Hall–Kier alpha value is -0.177. The molecule has 0 bridgehead atoms. The minimum Gasteiger partial charge on any atom is -0.245 e. The number of hydrogen-bond acceptors (Lipinski definition) is 3. The normalized spacial score (nSPS) is 9.31. The maximum absolute atomic E-state index is 4.35. The molecule has 1 aromatic heterocycles. The smallest absolute Gasteiger partial charge is 0.124 e. The van der Waals surface area contributed by atoms with Gasteiger partial charge in [-0.1, -0.05) is 18.2 Å². The topological polar surface area (TPSA) is 12.9 Å². The number of thiol groups is 1. The molecule has 62 valence electrons. The van der Waals surface area contributed by atoms with E-state index in [0.29, 0.717) is 0 Å². The van der Waals surface area contributed by atoms with Crippen molar-refractivity contribution < 1.29 is 19.5 Å². The van der Waals surface area contributed by atoms with Gasteiger partial charge in [-0.15, -0.1) is 24.0 Å². The zero-order chi connectivity index (χ0) is 8.39. The van der Waals surface area contributed by atoms with Gasteiger partial charge < -0.3 is 0 Å². The summed E-state index contributed by atoms with van der Waals surface area (Å²) in [6.45, 7) is 0. The van der Waals surface area contributed by atoms with Gasteiger partial charge in [0.1, 0.15) is 5.01 Å². The Morgan fingerprint density at radius 3 is 2.62 bits per heavy atom. The van der Waals surface area contributed by atoms with Crippen LogP contribution in [-0.2, 0) is 19.5 Å². The molecule has 0 aliphatic rings. The molecular formula is C9H7NS2Zn. The number of benzene rings is 1. The summed E-state index contributed by atoms with van der Waals surface area (Å²) in [4.78, 5) is 5.20. The van der Waals surface area contributed by atoms with Gasteiger partial charge in [-0.2, -0.15) is 0 Å². The average Bonchev–Trinajstić information content (AvgIpc) is 2.57. The molecule has 1 heterocycles. The number of hydrogen-bond donors (Lipinski definition) is 1. The first-order valence-corrected chi connectivity index (χ1v) is 4.88. The Balaban J connectivity index is 0.000000845. The fourth-order valence-corrected chi connectivity index (χ4v) is 2.03. The van der Waals surface area contributed by atoms with Gasteiger partial charge in [0.05, 0.1) is 0 Å². The summed E-state index contributed by atoms with van der Waals surface area (Å²) in [5.74, 6) is 0. The van der Waals surface area contributed by atoms with Crippen molar-refractivity contribution in [3.05, 3.63) is 35.8 Å². The molecule has 13 heavy (non-hydrogen) atoms. The summed E-state index contributed by atoms with van der Waals surface area (Å²) < 4.78 is 0. The second kappa shape index (κ2) is 4.89. The van der Waals surface area contributed by atoms with E-state index in [9.17, 15) is 0 Å². The van der Waals surface area contributed by atoms with Crippen LogP contribution in [0.4, 0.5) is 0 Å². The SMILES string of the molecule is Sc1ccccc1-c1nccs1.[Zn]. The Bertz CT molecular complexity index is 373. The molecule has 1 nitrogen and oxygen atoms in total. The maximum atomic E-state index is 4.35. The zero-order valence-corrected chi connectivity index (χ0v) is 11.7. The summed E-state index contributed by atoms with van der Waals surface area (Å²) in [6, 6.07) is 7.97. The number of nitrogens with zero attached hydrogens (tertiary/aromatic N) is 1. The summed E-state index contributed by atoms with van der Waals surface area (Å²) >= 11 is 5.98. The molecule has 2 rings (SSSR count). The maximum Gasteiger partial charge on any atom is 0.124 e. The molecule has 0 aliphatic heterocycles. The van der Waals surface area contributed by atoms with Gasteiger partial charge in [-0.25, -0.2) is 4.98 Å². The number of rotatable bonds is 1. The quantitative estimate of drug-likeness (QED) is 0.613. The van der Waals surface area contributed by atoms with Crippen LogP contribution in [0, 0.1) is 0 Å². The van der Waals surface area contributed by atoms with Crippen LogP contribution in [0.3, 0.4) is 0 Å². The van der Waals surface area contributed by atoms with Gasteiger partial charge >= 0.3 is 0 Å². The first-order valence-electron chi connectivity index (χ1n) is 3.56. The van der Waals surface area contributed by atoms with Gasteiger partial charge in [0.15, 0.2) is 0 Å². The van der Waals surface area contributed by atoms with Gasteiger partial charge in [0.25, 0.3) is 0 Å². The molecule has 0 aliphatic carbocycles. The van der Waals surface area contributed by atoms with E-state index in [2.05, 4.69) is 17.6 Å². The van der Waals surface area contributed by atoms with E-state index in [1.54, 1.807) is 17.5 Å². The first-order chi connectivity index (χ1) is 5.88. The molecule has 0 saturated carbocycles. The second-order valence-corrected chi connectivity index (χ2v) is 3.73. The predicted octanol–water partition coefficient (Wildman–Crippen LogP) is 3.10. The molecule has 0 saturated heterocycles. The van der Waals surface area contributed by atoms with E-state index < -0.39 is 0 Å². The molecule has 0 spiro atoms. The van der Waals surface area contributed by atoms with Crippen molar-refractivity contribution in [3.8, 4) is 10.6 Å². The van der Waals surface area contributed by atoms with E-state index in [1.165, 1.54) is 0 Å². The van der Waals surface area contributed by atoms with Gasteiger partial charge in [0, 0.05) is 41.5 Å². The Kier molecular flexibility index (Phi) is 4.10. The van der Waals surface area contributed by atoms with Crippen LogP contribution in [0.2, 0.25) is 0 Å². The fourth-order valence-electron chi connectivity index (χ4n) is 1.01. The zero-order valence-electron chi connectivity index (χ0n) is 6.97. The van der Waals surface area contributed by atoms with Crippen LogP contribution in [0.25, 0.3) is 10.6 Å². The van der Waals surface area contributed by atoms with Crippen molar-refractivity contribution in [3.63, 3.8) is 0 Å². The van der Waals surface area contributed by atoms with E-state index in [4.69, 9.17) is 0 Å². The van der Waals surface area contributed by atoms with E-state index >= 15 is 0 Å². The Morgan fingerprint density at radius 2 is 2.00 bits per heavy atom. The van der Waals surface area contributed by atoms with Crippen molar-refractivity contribution in [2.45, 2.75) is 4.90 Å². The Morgan fingerprint density at radius 1 is 1.23 bits per heavy atom. The molecule has 0 fully saturated rings. The van der Waals surface area contributed by atoms with Crippen LogP contribution < -0.4 is 0 Å². The van der Waals surface area contributed by atoms with Gasteiger partial charge in [-0.3, -0.25) is 0 Å². The summed E-state index contributed by atoms with van der Waals surface area (Å²) in [7, 11) is 0. The number of aromatic nitrogens is 1. The van der Waals surface area contributed by atoms with Gasteiger partial charge in [-0.05, 0) is 6.07 Å². The largest absolute Gasteiger partial charge is 0.245 e. The van der Waals surface area contributed by atoms with Crippen molar-refractivity contribution in [2.75, 3.05) is 0 Å². The second-order valence-electron chi connectivity index (χ2n) is 2.35. The predicted molar refractivity (Wildman–Crippen MR) is 54.8 cm³/mol. The molecule has 2 aromatic rings. The summed E-state index contributed by atoms with van der Waals surface area (Å²) in [6.07, 6.45) is 1.81. The van der Waals surface area contributed by atoms with Crippen molar-refractivity contribution in [2.24, 2.45) is 0 Å². The first kappa shape index (κ1) is 10.9. The third-order valence-corrected chi connectivity index (χ3v) is 2.76. The monoisotopic (exact) mass is 257 g/mol. The molecule has 0 N–H and O–H groups in total. The minimum absolute atomic E-state index is 0. The molecule has 0 atom stereocenters. The van der Waals surface area contributed by atoms with Crippen LogP contribution in [-0.4, -0.2) is 4.98 Å². The van der Waals surface area contributed by atoms with Crippen LogP contribution in [0.15, 0.2) is 40.7 Å². The average molecular weight is 259 g/mol. The summed E-state index contributed by atoms with van der Waals surface area (Å²) in [5, 5.41) is 3.00. The fraction of sp³-hybridized carbons (Fsp3) is 0. The molecule has 0 radical (unpaired) electrons. The van der Waals surface area contributed by atoms with Crippen molar-refractivity contribution in [1.29, 1.82) is 0 Å². The van der Waals surface area contributed by atoms with Crippen LogP contribution in [0.5, 0.6) is 0 Å². The third-order valence-electron chi connectivity index (χ3n) is 1.57. The van der Waals surface area contributed by atoms with Gasteiger partial charge in [0.2, 0.25) is 0 Å². The summed E-state index contributed by atoms with van der Waals surface area (Å²) in [5.41, 5.74) is 1.11. The van der Waals surface area contributed by atoms with E-state index in [1.807, 2.05) is 29.6 Å². The standard InChI is InChI=1S/C9H7NS2.Zn/c11-8-4-2-1-3-7(8)9-10-5-6-12-9;/h1-6,11H;.